The standard InChI is InChI=1S/C16H13Cl2N3OS/c1-8-5-10(6-14-15(22)20-16(19)23-14)9(2)21(8)11-3-4-12(17)13(18)7-11/h3-7H,1-2H3,(H2,19,20,22). The molecule has 1 amide bonds. The van der Waals surface area contributed by atoms with Gasteiger partial charge in [-0.1, -0.05) is 23.2 Å². The van der Waals surface area contributed by atoms with Crippen LogP contribution < -0.4 is 5.73 Å². The van der Waals surface area contributed by atoms with Crippen molar-refractivity contribution in [3.8, 4) is 5.69 Å². The van der Waals surface area contributed by atoms with Crippen molar-refractivity contribution in [3.05, 3.63) is 56.2 Å². The van der Waals surface area contributed by atoms with Crippen molar-refractivity contribution in [2.75, 3.05) is 0 Å². The molecule has 2 N–H and O–H groups in total. The summed E-state index contributed by atoms with van der Waals surface area (Å²) in [6.45, 7) is 3.97. The minimum absolute atomic E-state index is 0.277. The van der Waals surface area contributed by atoms with Crippen molar-refractivity contribution in [1.29, 1.82) is 0 Å². The van der Waals surface area contributed by atoms with Gasteiger partial charge in [0.25, 0.3) is 5.91 Å². The summed E-state index contributed by atoms with van der Waals surface area (Å²) in [5, 5.41) is 1.29. The number of nitrogens with zero attached hydrogens (tertiary/aromatic N) is 2. The number of aryl methyl sites for hydroxylation is 1. The average molecular weight is 366 g/mol. The van der Waals surface area contributed by atoms with Gasteiger partial charge in [0, 0.05) is 17.1 Å². The first kappa shape index (κ1) is 16.2. The van der Waals surface area contributed by atoms with Crippen molar-refractivity contribution in [2.45, 2.75) is 13.8 Å². The zero-order valence-corrected chi connectivity index (χ0v) is 14.8. The third-order valence-corrected chi connectivity index (χ3v) is 5.11. The van der Waals surface area contributed by atoms with E-state index < -0.39 is 0 Å². The predicted octanol–water partition coefficient (Wildman–Crippen LogP) is 4.33. The van der Waals surface area contributed by atoms with E-state index in [9.17, 15) is 4.79 Å². The van der Waals surface area contributed by atoms with Crippen LogP contribution in [0.15, 0.2) is 34.2 Å². The highest BCUT2D eigenvalue weighted by atomic mass is 35.5. The van der Waals surface area contributed by atoms with Crippen molar-refractivity contribution in [3.63, 3.8) is 0 Å². The summed E-state index contributed by atoms with van der Waals surface area (Å²) in [7, 11) is 0. The number of thioether (sulfide) groups is 1. The first-order valence-corrected chi connectivity index (χ1v) is 8.36. The number of carbonyl (C=O) groups excluding carboxylic acids is 1. The fraction of sp³-hybridized carbons (Fsp3) is 0.125. The van der Waals surface area contributed by atoms with Gasteiger partial charge in [-0.2, -0.15) is 4.99 Å². The van der Waals surface area contributed by atoms with Crippen molar-refractivity contribution < 1.29 is 4.79 Å². The molecule has 3 rings (SSSR count). The van der Waals surface area contributed by atoms with Crippen molar-refractivity contribution >= 4 is 52.1 Å². The molecule has 0 bridgehead atoms. The van der Waals surface area contributed by atoms with Crippen molar-refractivity contribution in [1.82, 2.24) is 4.57 Å². The molecule has 7 heteroatoms. The first-order valence-electron chi connectivity index (χ1n) is 6.79. The van der Waals surface area contributed by atoms with E-state index >= 15 is 0 Å². The van der Waals surface area contributed by atoms with Gasteiger partial charge in [-0.25, -0.2) is 0 Å². The molecular weight excluding hydrogens is 353 g/mol. The van der Waals surface area contributed by atoms with Crippen LogP contribution in [0.5, 0.6) is 0 Å². The molecule has 0 saturated heterocycles. The highest BCUT2D eigenvalue weighted by Crippen LogP contribution is 2.31. The summed E-state index contributed by atoms with van der Waals surface area (Å²) in [4.78, 5) is 16.0. The molecule has 1 aliphatic rings. The van der Waals surface area contributed by atoms with Gasteiger partial charge < -0.3 is 10.3 Å². The van der Waals surface area contributed by atoms with Crippen LogP contribution in [0, 0.1) is 13.8 Å². The lowest BCUT2D eigenvalue weighted by Gasteiger charge is -2.10. The van der Waals surface area contributed by atoms with E-state index in [4.69, 9.17) is 28.9 Å². The third-order valence-electron chi connectivity index (χ3n) is 3.56. The topological polar surface area (TPSA) is 60.4 Å². The number of rotatable bonds is 2. The van der Waals surface area contributed by atoms with Gasteiger partial charge in [0.2, 0.25) is 0 Å². The maximum atomic E-state index is 11.7. The molecule has 0 fully saturated rings. The van der Waals surface area contributed by atoms with Crippen LogP contribution in [0.25, 0.3) is 11.8 Å². The second-order valence-corrected chi connectivity index (χ2v) is 7.00. The summed E-state index contributed by atoms with van der Waals surface area (Å²) in [5.41, 5.74) is 9.46. The molecule has 0 radical (unpaired) electrons. The average Bonchev–Trinajstić information content (AvgIpc) is 2.93. The molecule has 0 aliphatic carbocycles. The van der Waals surface area contributed by atoms with Gasteiger partial charge in [-0.05, 0) is 61.5 Å². The van der Waals surface area contributed by atoms with Crippen LogP contribution in [0.2, 0.25) is 10.0 Å². The number of nitrogens with two attached hydrogens (primary N) is 1. The lowest BCUT2D eigenvalue weighted by Crippen LogP contribution is -2.01. The SMILES string of the molecule is Cc1cc(C=C2SC(N)=NC2=O)c(C)n1-c1ccc(Cl)c(Cl)c1. The van der Waals surface area contributed by atoms with Crippen LogP contribution in [0.1, 0.15) is 17.0 Å². The summed E-state index contributed by atoms with van der Waals surface area (Å²) < 4.78 is 2.06. The molecule has 0 unspecified atom stereocenters. The van der Waals surface area contributed by atoms with Gasteiger partial charge >= 0.3 is 0 Å². The quantitative estimate of drug-likeness (QED) is 0.805. The number of aromatic nitrogens is 1. The largest absolute Gasteiger partial charge is 0.378 e. The maximum Gasteiger partial charge on any atom is 0.286 e. The fourth-order valence-corrected chi connectivity index (χ4v) is 3.49. The zero-order valence-electron chi connectivity index (χ0n) is 12.4. The Morgan fingerprint density at radius 3 is 2.57 bits per heavy atom. The molecule has 23 heavy (non-hydrogen) atoms. The van der Waals surface area contributed by atoms with Gasteiger partial charge in [0.1, 0.15) is 0 Å². The molecule has 2 aromatic rings. The van der Waals surface area contributed by atoms with Gasteiger partial charge in [-0.15, -0.1) is 0 Å². The third kappa shape index (κ3) is 3.04. The van der Waals surface area contributed by atoms with E-state index in [1.165, 1.54) is 11.8 Å². The number of amidine groups is 1. The Bertz CT molecular complexity index is 884. The van der Waals surface area contributed by atoms with Gasteiger partial charge in [-0.3, -0.25) is 4.79 Å². The second-order valence-electron chi connectivity index (χ2n) is 5.13. The molecule has 1 aromatic carbocycles. The van der Waals surface area contributed by atoms with E-state index in [-0.39, 0.29) is 11.1 Å². The van der Waals surface area contributed by atoms with Crippen LogP contribution in [0.4, 0.5) is 0 Å². The van der Waals surface area contributed by atoms with Crippen molar-refractivity contribution in [2.24, 2.45) is 10.7 Å². The molecular formula is C16H13Cl2N3OS. The molecule has 1 aromatic heterocycles. The highest BCUT2D eigenvalue weighted by molar-refractivity contribution is 8.18. The zero-order chi connectivity index (χ0) is 16.7. The normalized spacial score (nSPS) is 16.3. The first-order chi connectivity index (χ1) is 10.9. The van der Waals surface area contributed by atoms with Crippen LogP contribution in [0.3, 0.4) is 0 Å². The molecule has 1 aliphatic heterocycles. The van der Waals surface area contributed by atoms with E-state index in [1.807, 2.05) is 38.1 Å². The summed E-state index contributed by atoms with van der Waals surface area (Å²) in [5.74, 6) is -0.299. The highest BCUT2D eigenvalue weighted by Gasteiger charge is 2.20. The Morgan fingerprint density at radius 2 is 1.96 bits per heavy atom. The van der Waals surface area contributed by atoms with Crippen LogP contribution >= 0.6 is 35.0 Å². The van der Waals surface area contributed by atoms with Gasteiger partial charge in [0.15, 0.2) is 5.17 Å². The molecule has 118 valence electrons. The van der Waals surface area contributed by atoms with E-state index in [2.05, 4.69) is 9.56 Å². The number of hydrogen-bond acceptors (Lipinski definition) is 3. The van der Waals surface area contributed by atoms with E-state index in [0.29, 0.717) is 15.0 Å². The monoisotopic (exact) mass is 365 g/mol. The smallest absolute Gasteiger partial charge is 0.286 e. The fourth-order valence-electron chi connectivity index (χ4n) is 2.52. The molecule has 4 nitrogen and oxygen atoms in total. The Hall–Kier alpha value is -1.69. The minimum atomic E-state index is -0.299. The number of amides is 1. The number of hydrogen-bond donors (Lipinski definition) is 1. The number of aliphatic imine (C=N–C) groups is 1. The van der Waals surface area contributed by atoms with Crippen LogP contribution in [-0.4, -0.2) is 15.6 Å². The van der Waals surface area contributed by atoms with E-state index in [1.54, 1.807) is 6.07 Å². The van der Waals surface area contributed by atoms with E-state index in [0.717, 1.165) is 22.6 Å². The minimum Gasteiger partial charge on any atom is -0.378 e. The molecule has 2 heterocycles. The second kappa shape index (κ2) is 6.07. The molecule has 0 saturated carbocycles. The lowest BCUT2D eigenvalue weighted by atomic mass is 10.2. The summed E-state index contributed by atoms with van der Waals surface area (Å²) >= 11 is 13.3. The predicted molar refractivity (Wildman–Crippen MR) is 97.5 cm³/mol. The maximum absolute atomic E-state index is 11.7. The number of carbonyl (C=O) groups is 1. The van der Waals surface area contributed by atoms with Gasteiger partial charge in [0.05, 0.1) is 15.0 Å². The molecule has 0 atom stereocenters. The summed E-state index contributed by atoms with van der Waals surface area (Å²) in [6.07, 6.45) is 1.81. The Kier molecular flexibility index (Phi) is 4.27. The van der Waals surface area contributed by atoms with Crippen LogP contribution in [-0.2, 0) is 4.79 Å². The Balaban J connectivity index is 2.05. The summed E-state index contributed by atoms with van der Waals surface area (Å²) in [6, 6.07) is 7.49. The Morgan fingerprint density at radius 1 is 1.22 bits per heavy atom. The lowest BCUT2D eigenvalue weighted by molar-refractivity contribution is -0.113. The number of benzene rings is 1. The Labute approximate surface area is 148 Å². The number of halogens is 2. The molecule has 0 spiro atoms.